The minimum Gasteiger partial charge on any atom is -0.465 e. The molecule has 0 radical (unpaired) electrons. The maximum atomic E-state index is 12.8. The van der Waals surface area contributed by atoms with Gasteiger partial charge in [0.2, 0.25) is 0 Å². The summed E-state index contributed by atoms with van der Waals surface area (Å²) in [5.74, 6) is 0.765. The molecule has 2 aromatic rings. The Kier molecular flexibility index (Phi) is 5.30. The van der Waals surface area contributed by atoms with Crippen LogP contribution in [0.15, 0.2) is 45.6 Å². The summed E-state index contributed by atoms with van der Waals surface area (Å²) in [5.41, 5.74) is 1.25. The third-order valence-corrected chi connectivity index (χ3v) is 5.11. The number of ether oxygens (including phenoxy) is 1. The molecule has 1 fully saturated rings. The Morgan fingerprint density at radius 3 is 2.62 bits per heavy atom. The van der Waals surface area contributed by atoms with Crippen LogP contribution in [0.4, 0.5) is 0 Å². The fourth-order valence-corrected chi connectivity index (χ4v) is 3.55. The number of benzene rings is 1. The first kappa shape index (κ1) is 18.4. The summed E-state index contributed by atoms with van der Waals surface area (Å²) in [6, 6.07) is 11.1. The molecule has 1 aromatic carbocycles. The lowest BCUT2D eigenvalue weighted by atomic mass is 9.95. The first-order valence-corrected chi connectivity index (χ1v) is 9.39. The molecule has 0 N–H and O–H groups in total. The van der Waals surface area contributed by atoms with Crippen molar-refractivity contribution in [3.05, 3.63) is 69.3 Å². The fraction of sp³-hybridized carbons (Fsp3) is 0.455. The predicted octanol–water partition coefficient (Wildman–Crippen LogP) is 4.28. The van der Waals surface area contributed by atoms with Crippen molar-refractivity contribution in [2.45, 2.75) is 57.8 Å². The van der Waals surface area contributed by atoms with Crippen molar-refractivity contribution >= 4 is 5.97 Å². The molecule has 1 heterocycles. The fourth-order valence-electron chi connectivity index (χ4n) is 3.55. The lowest BCUT2D eigenvalue weighted by molar-refractivity contribution is -0.147. The molecule has 1 aromatic heterocycles. The Labute approximate surface area is 154 Å². The van der Waals surface area contributed by atoms with Gasteiger partial charge in [0.1, 0.15) is 16.9 Å². The molecule has 2 atom stereocenters. The van der Waals surface area contributed by atoms with Gasteiger partial charge in [0, 0.05) is 24.5 Å². The molecule has 3 rings (SSSR count). The highest BCUT2D eigenvalue weighted by atomic mass is 16.5. The summed E-state index contributed by atoms with van der Waals surface area (Å²) >= 11 is 0. The topological polar surface area (TPSA) is 56.5 Å². The molecule has 0 aliphatic heterocycles. The Balaban J connectivity index is 2.01. The highest BCUT2D eigenvalue weighted by molar-refractivity contribution is 5.88. The zero-order valence-electron chi connectivity index (χ0n) is 15.7. The van der Waals surface area contributed by atoms with Crippen LogP contribution in [-0.4, -0.2) is 12.6 Å². The quantitative estimate of drug-likeness (QED) is 0.697. The molecule has 26 heavy (non-hydrogen) atoms. The van der Waals surface area contributed by atoms with Crippen LogP contribution in [-0.2, 0) is 21.4 Å². The summed E-state index contributed by atoms with van der Waals surface area (Å²) in [6.45, 7) is 6.23. The molecule has 0 unspecified atom stereocenters. The third kappa shape index (κ3) is 3.46. The van der Waals surface area contributed by atoms with Gasteiger partial charge in [-0.05, 0) is 32.3 Å². The van der Waals surface area contributed by atoms with E-state index in [1.807, 2.05) is 31.2 Å². The van der Waals surface area contributed by atoms with Gasteiger partial charge >= 0.3 is 5.97 Å². The highest BCUT2D eigenvalue weighted by Crippen LogP contribution is 2.61. The monoisotopic (exact) mass is 354 g/mol. The van der Waals surface area contributed by atoms with Crippen LogP contribution in [0.25, 0.3) is 0 Å². The molecule has 0 spiro atoms. The van der Waals surface area contributed by atoms with E-state index in [4.69, 9.17) is 9.15 Å². The van der Waals surface area contributed by atoms with E-state index in [0.29, 0.717) is 31.0 Å². The average molecular weight is 354 g/mol. The van der Waals surface area contributed by atoms with Gasteiger partial charge in [-0.15, -0.1) is 0 Å². The minimum atomic E-state index is -0.882. The van der Waals surface area contributed by atoms with Crippen molar-refractivity contribution in [2.24, 2.45) is 0 Å². The molecule has 4 nitrogen and oxygen atoms in total. The number of carbonyl (C=O) groups excluding carboxylic acids is 1. The number of hydrogen-bond acceptors (Lipinski definition) is 4. The van der Waals surface area contributed by atoms with Crippen LogP contribution in [0.3, 0.4) is 0 Å². The molecule has 0 amide bonds. The molecular formula is C22H26O4. The van der Waals surface area contributed by atoms with E-state index in [9.17, 15) is 9.59 Å². The van der Waals surface area contributed by atoms with E-state index >= 15 is 0 Å². The molecule has 4 heteroatoms. The smallest absolute Gasteiger partial charge is 0.320 e. The van der Waals surface area contributed by atoms with Crippen LogP contribution in [0.2, 0.25) is 0 Å². The maximum absolute atomic E-state index is 12.8. The third-order valence-electron chi connectivity index (χ3n) is 5.11. The van der Waals surface area contributed by atoms with Crippen LogP contribution < -0.4 is 5.43 Å². The van der Waals surface area contributed by atoms with Gasteiger partial charge in [-0.1, -0.05) is 43.2 Å². The van der Waals surface area contributed by atoms with E-state index in [1.54, 1.807) is 6.92 Å². The Hall–Kier alpha value is -2.36. The van der Waals surface area contributed by atoms with E-state index in [0.717, 1.165) is 18.4 Å². The van der Waals surface area contributed by atoms with E-state index in [-0.39, 0.29) is 17.3 Å². The first-order chi connectivity index (χ1) is 12.5. The SMILES string of the molecule is CCCCc1cc(=O)cc([C@@]2(C(=O)OCC)C[C@H]2c2ccc(C)cc2)o1. The lowest BCUT2D eigenvalue weighted by Crippen LogP contribution is -2.26. The Morgan fingerprint density at radius 1 is 1.23 bits per heavy atom. The van der Waals surface area contributed by atoms with Crippen molar-refractivity contribution in [1.29, 1.82) is 0 Å². The second-order valence-electron chi connectivity index (χ2n) is 7.09. The minimum absolute atomic E-state index is 0.0216. The lowest BCUT2D eigenvalue weighted by Gasteiger charge is -2.16. The van der Waals surface area contributed by atoms with E-state index < -0.39 is 5.41 Å². The molecule has 0 bridgehead atoms. The van der Waals surface area contributed by atoms with E-state index in [1.165, 1.54) is 17.7 Å². The standard InChI is InChI=1S/C22H26O4/c1-4-6-7-18-12-17(23)13-20(26-18)22(21(24)25-5-2)14-19(22)16-10-8-15(3)9-11-16/h8-13,19H,4-7,14H2,1-3H3/t19-,22+/m0/s1. The number of aryl methyl sites for hydroxylation is 2. The van der Waals surface area contributed by atoms with Gasteiger partial charge in [0.05, 0.1) is 6.61 Å². The maximum Gasteiger partial charge on any atom is 0.320 e. The molecular weight excluding hydrogens is 328 g/mol. The van der Waals surface area contributed by atoms with Gasteiger partial charge in [-0.2, -0.15) is 0 Å². The van der Waals surface area contributed by atoms with Gasteiger partial charge in [0.15, 0.2) is 5.43 Å². The normalized spacial score (nSPS) is 21.4. The van der Waals surface area contributed by atoms with Gasteiger partial charge in [-0.25, -0.2) is 0 Å². The van der Waals surface area contributed by atoms with Gasteiger partial charge in [0.25, 0.3) is 0 Å². The van der Waals surface area contributed by atoms with Crippen molar-refractivity contribution in [3.8, 4) is 0 Å². The summed E-state index contributed by atoms with van der Waals surface area (Å²) in [6.07, 6.45) is 3.27. The number of carbonyl (C=O) groups is 1. The number of rotatable bonds is 7. The zero-order valence-corrected chi connectivity index (χ0v) is 15.7. The summed E-state index contributed by atoms with van der Waals surface area (Å²) in [5, 5.41) is 0. The summed E-state index contributed by atoms with van der Waals surface area (Å²) in [7, 11) is 0. The highest BCUT2D eigenvalue weighted by Gasteiger charge is 2.65. The average Bonchev–Trinajstić information content (AvgIpc) is 3.37. The second-order valence-corrected chi connectivity index (χ2v) is 7.09. The van der Waals surface area contributed by atoms with E-state index in [2.05, 4.69) is 6.92 Å². The zero-order chi connectivity index (χ0) is 18.7. The largest absolute Gasteiger partial charge is 0.465 e. The van der Waals surface area contributed by atoms with Crippen LogP contribution >= 0.6 is 0 Å². The number of unbranched alkanes of at least 4 members (excludes halogenated alkanes) is 1. The molecule has 1 aliphatic rings. The summed E-state index contributed by atoms with van der Waals surface area (Å²) < 4.78 is 11.4. The number of esters is 1. The Morgan fingerprint density at radius 2 is 1.96 bits per heavy atom. The number of hydrogen-bond donors (Lipinski definition) is 0. The molecule has 1 aliphatic carbocycles. The first-order valence-electron chi connectivity index (χ1n) is 9.39. The van der Waals surface area contributed by atoms with Crippen molar-refractivity contribution in [3.63, 3.8) is 0 Å². The second kappa shape index (κ2) is 7.48. The Bertz CT molecular complexity index is 834. The molecule has 1 saturated carbocycles. The van der Waals surface area contributed by atoms with Gasteiger partial charge < -0.3 is 9.15 Å². The summed E-state index contributed by atoms with van der Waals surface area (Å²) in [4.78, 5) is 25.0. The van der Waals surface area contributed by atoms with Crippen LogP contribution in [0.5, 0.6) is 0 Å². The van der Waals surface area contributed by atoms with Crippen molar-refractivity contribution < 1.29 is 13.9 Å². The molecule has 138 valence electrons. The van der Waals surface area contributed by atoms with Crippen molar-refractivity contribution in [2.75, 3.05) is 6.61 Å². The van der Waals surface area contributed by atoms with Crippen molar-refractivity contribution in [1.82, 2.24) is 0 Å². The van der Waals surface area contributed by atoms with Crippen LogP contribution in [0.1, 0.15) is 61.7 Å². The van der Waals surface area contributed by atoms with Crippen LogP contribution in [0, 0.1) is 6.92 Å². The molecule has 0 saturated heterocycles. The predicted molar refractivity (Wildman–Crippen MR) is 100 cm³/mol. The van der Waals surface area contributed by atoms with Gasteiger partial charge in [-0.3, -0.25) is 9.59 Å².